The summed E-state index contributed by atoms with van der Waals surface area (Å²) in [6.07, 6.45) is 4.20. The molecule has 164 valence electrons. The number of carbonyl (C=O) groups excluding carboxylic acids is 2. The SMILES string of the molecule is CC1=NC(C)=C(C(=O)OC[Si](C)(C)C)C(c2cccnc2)C1C(=O)OC[Si](C)(C)C. The molecular formula is C22H34N2O4Si2. The number of esters is 2. The van der Waals surface area contributed by atoms with E-state index >= 15 is 0 Å². The van der Waals surface area contributed by atoms with Crippen molar-refractivity contribution in [2.24, 2.45) is 10.9 Å². The van der Waals surface area contributed by atoms with E-state index in [2.05, 4.69) is 49.3 Å². The number of allylic oxidation sites excluding steroid dienone is 1. The number of pyridine rings is 1. The largest absolute Gasteiger partial charge is 0.469 e. The number of rotatable bonds is 7. The van der Waals surface area contributed by atoms with Crippen LogP contribution < -0.4 is 0 Å². The quantitative estimate of drug-likeness (QED) is 0.459. The van der Waals surface area contributed by atoms with Gasteiger partial charge in [-0.1, -0.05) is 45.3 Å². The molecule has 1 aliphatic heterocycles. The summed E-state index contributed by atoms with van der Waals surface area (Å²) in [5, 5.41) is 0. The van der Waals surface area contributed by atoms with Crippen LogP contribution in [-0.4, -0.2) is 51.2 Å². The van der Waals surface area contributed by atoms with Gasteiger partial charge < -0.3 is 9.47 Å². The van der Waals surface area contributed by atoms with Gasteiger partial charge in [0.05, 0.1) is 34.2 Å². The topological polar surface area (TPSA) is 77.9 Å². The Labute approximate surface area is 181 Å². The van der Waals surface area contributed by atoms with E-state index in [0.29, 0.717) is 29.4 Å². The summed E-state index contributed by atoms with van der Waals surface area (Å²) < 4.78 is 11.4. The van der Waals surface area contributed by atoms with Crippen molar-refractivity contribution in [3.63, 3.8) is 0 Å². The van der Waals surface area contributed by atoms with Crippen molar-refractivity contribution in [2.45, 2.75) is 59.0 Å². The minimum atomic E-state index is -1.59. The Bertz CT molecular complexity index is 852. The standard InChI is InChI=1S/C22H34N2O4Si2/c1-15-18(21(25)27-13-29(3,4)5)20(17-10-9-11-23-12-17)19(16(2)24-15)22(26)28-14-30(6,7)8/h9-12,18,20H,13-14H2,1-8H3. The van der Waals surface area contributed by atoms with Gasteiger partial charge in [-0.2, -0.15) is 0 Å². The number of hydrogen-bond acceptors (Lipinski definition) is 6. The summed E-state index contributed by atoms with van der Waals surface area (Å²) >= 11 is 0. The molecule has 8 heteroatoms. The van der Waals surface area contributed by atoms with Crippen LogP contribution in [0.3, 0.4) is 0 Å². The zero-order valence-electron chi connectivity index (χ0n) is 19.4. The molecule has 2 rings (SSSR count). The van der Waals surface area contributed by atoms with E-state index in [-0.39, 0.29) is 5.97 Å². The van der Waals surface area contributed by atoms with Crippen LogP contribution in [0.4, 0.5) is 0 Å². The maximum atomic E-state index is 13.2. The summed E-state index contributed by atoms with van der Waals surface area (Å²) in [4.78, 5) is 35.1. The van der Waals surface area contributed by atoms with E-state index in [4.69, 9.17) is 9.47 Å². The van der Waals surface area contributed by atoms with Crippen molar-refractivity contribution in [1.29, 1.82) is 0 Å². The maximum Gasteiger partial charge on any atom is 0.336 e. The third kappa shape index (κ3) is 6.47. The van der Waals surface area contributed by atoms with E-state index in [1.54, 1.807) is 25.4 Å². The zero-order valence-corrected chi connectivity index (χ0v) is 21.4. The number of ether oxygens (including phenoxy) is 2. The predicted octanol–water partition coefficient (Wildman–Crippen LogP) is 4.37. The van der Waals surface area contributed by atoms with Crippen molar-refractivity contribution in [2.75, 3.05) is 12.5 Å². The third-order valence-corrected chi connectivity index (χ3v) is 6.65. The van der Waals surface area contributed by atoms with Gasteiger partial charge in [-0.05, 0) is 25.5 Å². The number of aliphatic imine (C=N–C) groups is 1. The molecule has 0 amide bonds. The molecule has 2 heterocycles. The summed E-state index contributed by atoms with van der Waals surface area (Å²) in [5.74, 6) is -1.97. The molecule has 0 N–H and O–H groups in total. The molecule has 0 aromatic carbocycles. The van der Waals surface area contributed by atoms with Crippen LogP contribution in [0.2, 0.25) is 39.3 Å². The van der Waals surface area contributed by atoms with Crippen LogP contribution in [0.5, 0.6) is 0 Å². The van der Waals surface area contributed by atoms with Gasteiger partial charge in [0.15, 0.2) is 0 Å². The van der Waals surface area contributed by atoms with E-state index < -0.39 is 34.0 Å². The van der Waals surface area contributed by atoms with Gasteiger partial charge in [0.2, 0.25) is 0 Å². The molecular weight excluding hydrogens is 412 g/mol. The van der Waals surface area contributed by atoms with Gasteiger partial charge in [-0.15, -0.1) is 0 Å². The van der Waals surface area contributed by atoms with Crippen LogP contribution in [0, 0.1) is 5.92 Å². The van der Waals surface area contributed by atoms with Gasteiger partial charge in [-0.25, -0.2) is 4.79 Å². The smallest absolute Gasteiger partial charge is 0.336 e. The van der Waals surface area contributed by atoms with E-state index in [9.17, 15) is 9.59 Å². The van der Waals surface area contributed by atoms with Crippen molar-refractivity contribution >= 4 is 33.8 Å². The number of carbonyl (C=O) groups is 2. The molecule has 0 fully saturated rings. The Hall–Kier alpha value is -2.07. The molecule has 0 aliphatic carbocycles. The average molecular weight is 447 g/mol. The van der Waals surface area contributed by atoms with Gasteiger partial charge in [-0.3, -0.25) is 14.8 Å². The van der Waals surface area contributed by atoms with Gasteiger partial charge in [0, 0.05) is 29.7 Å². The second-order valence-corrected chi connectivity index (χ2v) is 21.1. The highest BCUT2D eigenvalue weighted by Crippen LogP contribution is 2.40. The molecule has 0 saturated carbocycles. The van der Waals surface area contributed by atoms with Gasteiger partial charge in [0.25, 0.3) is 0 Å². The molecule has 1 aromatic rings. The molecule has 6 nitrogen and oxygen atoms in total. The van der Waals surface area contributed by atoms with Crippen molar-refractivity contribution in [1.82, 2.24) is 4.98 Å². The Morgan fingerprint density at radius 3 is 2.13 bits per heavy atom. The van der Waals surface area contributed by atoms with Crippen LogP contribution in [0.25, 0.3) is 0 Å². The average Bonchev–Trinajstić information content (AvgIpc) is 2.63. The highest BCUT2D eigenvalue weighted by molar-refractivity contribution is 6.76. The van der Waals surface area contributed by atoms with Crippen molar-refractivity contribution in [3.8, 4) is 0 Å². The third-order valence-electron chi connectivity index (χ3n) is 4.63. The van der Waals surface area contributed by atoms with Crippen LogP contribution in [-0.2, 0) is 19.1 Å². The van der Waals surface area contributed by atoms with Gasteiger partial charge >= 0.3 is 11.9 Å². The monoisotopic (exact) mass is 446 g/mol. The Morgan fingerprint density at radius 1 is 1.00 bits per heavy atom. The lowest BCUT2D eigenvalue weighted by Crippen LogP contribution is -2.40. The lowest BCUT2D eigenvalue weighted by atomic mass is 9.76. The Kier molecular flexibility index (Phi) is 7.57. The predicted molar refractivity (Wildman–Crippen MR) is 125 cm³/mol. The molecule has 2 atom stereocenters. The van der Waals surface area contributed by atoms with E-state index in [1.165, 1.54) is 0 Å². The number of nitrogens with zero attached hydrogens (tertiary/aromatic N) is 2. The van der Waals surface area contributed by atoms with Crippen molar-refractivity contribution < 1.29 is 19.1 Å². The van der Waals surface area contributed by atoms with Crippen LogP contribution >= 0.6 is 0 Å². The fourth-order valence-electron chi connectivity index (χ4n) is 3.26. The molecule has 0 saturated heterocycles. The molecule has 30 heavy (non-hydrogen) atoms. The molecule has 0 bridgehead atoms. The Morgan fingerprint density at radius 2 is 1.60 bits per heavy atom. The van der Waals surface area contributed by atoms with Crippen LogP contribution in [0.1, 0.15) is 25.3 Å². The first kappa shape index (κ1) is 24.2. The summed E-state index contributed by atoms with van der Waals surface area (Å²) in [7, 11) is -3.18. The highest BCUT2D eigenvalue weighted by Gasteiger charge is 2.43. The molecule has 1 aromatic heterocycles. The van der Waals surface area contributed by atoms with Crippen LogP contribution in [0.15, 0.2) is 40.8 Å². The van der Waals surface area contributed by atoms with Crippen molar-refractivity contribution in [3.05, 3.63) is 41.4 Å². The number of hydrogen-bond donors (Lipinski definition) is 0. The summed E-state index contributed by atoms with van der Waals surface area (Å²) in [6, 6.07) is 3.69. The lowest BCUT2D eigenvalue weighted by Gasteiger charge is -2.32. The fourth-order valence-corrected chi connectivity index (χ4v) is 4.40. The first-order valence-electron chi connectivity index (χ1n) is 10.3. The molecule has 2 unspecified atom stereocenters. The lowest BCUT2D eigenvalue weighted by molar-refractivity contribution is -0.145. The minimum absolute atomic E-state index is 0.351. The first-order chi connectivity index (χ1) is 13.8. The fraction of sp³-hybridized carbons (Fsp3) is 0.545. The van der Waals surface area contributed by atoms with E-state index in [1.807, 2.05) is 13.0 Å². The first-order valence-corrected chi connectivity index (χ1v) is 17.7. The second kappa shape index (κ2) is 9.38. The second-order valence-electron chi connectivity index (χ2n) is 10.3. The minimum Gasteiger partial charge on any atom is -0.469 e. The summed E-state index contributed by atoms with van der Waals surface area (Å²) in [5.41, 5.74) is 2.42. The van der Waals surface area contributed by atoms with Gasteiger partial charge in [0.1, 0.15) is 5.92 Å². The zero-order chi connectivity index (χ0) is 22.7. The summed E-state index contributed by atoms with van der Waals surface area (Å²) in [6.45, 7) is 16.5. The maximum absolute atomic E-state index is 13.2. The Balaban J connectivity index is 2.46. The van der Waals surface area contributed by atoms with E-state index in [0.717, 1.165) is 5.56 Å². The highest BCUT2D eigenvalue weighted by atomic mass is 28.3. The number of aromatic nitrogens is 1. The molecule has 1 aliphatic rings. The molecule has 0 radical (unpaired) electrons. The normalized spacial score (nSPS) is 19.9. The molecule has 0 spiro atoms.